The molecule has 2 aromatic rings. The summed E-state index contributed by atoms with van der Waals surface area (Å²) < 4.78 is 1.12. The number of aryl methyl sites for hydroxylation is 1. The third kappa shape index (κ3) is 3.77. The van der Waals surface area contributed by atoms with Crippen molar-refractivity contribution in [1.82, 2.24) is 0 Å². The molecule has 0 amide bonds. The van der Waals surface area contributed by atoms with Crippen LogP contribution in [0.3, 0.4) is 0 Å². The molecule has 0 fully saturated rings. The highest BCUT2D eigenvalue weighted by atomic mass is 79.9. The average Bonchev–Trinajstić information content (AvgIpc) is 2.47. The first-order chi connectivity index (χ1) is 9.63. The van der Waals surface area contributed by atoms with Crippen molar-refractivity contribution in [2.75, 3.05) is 5.32 Å². The minimum Gasteiger partial charge on any atom is -0.378 e. The quantitative estimate of drug-likeness (QED) is 0.672. The monoisotopic (exact) mass is 351 g/mol. The van der Waals surface area contributed by atoms with Crippen LogP contribution in [0.15, 0.2) is 46.9 Å². The fourth-order valence-electron chi connectivity index (χ4n) is 2.30. The van der Waals surface area contributed by atoms with Gasteiger partial charge >= 0.3 is 0 Å². The van der Waals surface area contributed by atoms with Crippen LogP contribution in [0.25, 0.3) is 0 Å². The molecule has 1 unspecified atom stereocenters. The highest BCUT2D eigenvalue weighted by Gasteiger charge is 2.11. The zero-order valence-corrected chi connectivity index (χ0v) is 14.1. The van der Waals surface area contributed by atoms with Crippen LogP contribution in [0.1, 0.15) is 37.4 Å². The highest BCUT2D eigenvalue weighted by Crippen LogP contribution is 2.28. The van der Waals surface area contributed by atoms with Crippen LogP contribution in [-0.4, -0.2) is 0 Å². The molecule has 3 heteroatoms. The third-order valence-corrected chi connectivity index (χ3v) is 4.20. The van der Waals surface area contributed by atoms with Crippen LogP contribution in [0, 0.1) is 0 Å². The number of benzene rings is 2. The van der Waals surface area contributed by atoms with Gasteiger partial charge < -0.3 is 5.32 Å². The Kier molecular flexibility index (Phi) is 5.50. The van der Waals surface area contributed by atoms with Gasteiger partial charge in [0.05, 0.1) is 6.04 Å². The molecule has 0 bridgehead atoms. The van der Waals surface area contributed by atoms with E-state index in [-0.39, 0.29) is 0 Å². The summed E-state index contributed by atoms with van der Waals surface area (Å²) in [6.07, 6.45) is 2.04. The van der Waals surface area contributed by atoms with E-state index in [1.165, 1.54) is 16.8 Å². The zero-order valence-electron chi connectivity index (χ0n) is 11.8. The molecule has 1 nitrogen and oxygen atoms in total. The Hall–Kier alpha value is -0.990. The van der Waals surface area contributed by atoms with Crippen molar-refractivity contribution in [3.05, 3.63) is 63.1 Å². The van der Waals surface area contributed by atoms with E-state index in [0.29, 0.717) is 6.04 Å². The largest absolute Gasteiger partial charge is 0.378 e. The predicted octanol–water partition coefficient (Wildman–Crippen LogP) is 6.23. The Labute approximate surface area is 134 Å². The van der Waals surface area contributed by atoms with Crippen molar-refractivity contribution in [1.29, 1.82) is 0 Å². The molecule has 0 radical (unpaired) electrons. The third-order valence-electron chi connectivity index (χ3n) is 3.46. The first kappa shape index (κ1) is 15.4. The van der Waals surface area contributed by atoms with Crippen molar-refractivity contribution in [2.45, 2.75) is 32.7 Å². The van der Waals surface area contributed by atoms with Gasteiger partial charge in [0.1, 0.15) is 0 Å². The lowest BCUT2D eigenvalue weighted by Crippen LogP contribution is -2.11. The minimum atomic E-state index is 0.304. The van der Waals surface area contributed by atoms with Gasteiger partial charge in [0.25, 0.3) is 0 Å². The number of hydrogen-bond donors (Lipinski definition) is 1. The number of hydrogen-bond acceptors (Lipinski definition) is 1. The highest BCUT2D eigenvalue weighted by molar-refractivity contribution is 9.10. The second-order valence-corrected chi connectivity index (χ2v) is 6.16. The summed E-state index contributed by atoms with van der Waals surface area (Å²) >= 11 is 9.49. The zero-order chi connectivity index (χ0) is 14.5. The molecule has 0 heterocycles. The summed E-state index contributed by atoms with van der Waals surface area (Å²) in [4.78, 5) is 0. The SMILES string of the molecule is CCc1cc(Br)ccc1NC(CC)c1ccc(Cl)cc1. The minimum absolute atomic E-state index is 0.304. The molecule has 0 saturated carbocycles. The van der Waals surface area contributed by atoms with E-state index in [4.69, 9.17) is 11.6 Å². The molecule has 0 aliphatic rings. The Morgan fingerprint density at radius 3 is 2.40 bits per heavy atom. The molecule has 2 rings (SSSR count). The van der Waals surface area contributed by atoms with Gasteiger partial charge in [-0.15, -0.1) is 0 Å². The van der Waals surface area contributed by atoms with Crippen LogP contribution < -0.4 is 5.32 Å². The van der Waals surface area contributed by atoms with E-state index in [2.05, 4.69) is 65.4 Å². The molecule has 0 aromatic heterocycles. The van der Waals surface area contributed by atoms with Crippen molar-refractivity contribution in [2.24, 2.45) is 0 Å². The van der Waals surface area contributed by atoms with Gasteiger partial charge in [0.15, 0.2) is 0 Å². The van der Waals surface area contributed by atoms with Gasteiger partial charge in [0, 0.05) is 15.2 Å². The van der Waals surface area contributed by atoms with Crippen molar-refractivity contribution < 1.29 is 0 Å². The standard InChI is InChI=1S/C17H19BrClN/c1-3-12-11-14(18)7-10-17(12)20-16(4-2)13-5-8-15(19)9-6-13/h5-11,16,20H,3-4H2,1-2H3. The van der Waals surface area contributed by atoms with E-state index in [1.807, 2.05) is 12.1 Å². The lowest BCUT2D eigenvalue weighted by Gasteiger charge is -2.21. The molecule has 20 heavy (non-hydrogen) atoms. The summed E-state index contributed by atoms with van der Waals surface area (Å²) in [6, 6.07) is 14.8. The van der Waals surface area contributed by atoms with E-state index in [1.54, 1.807) is 0 Å². The first-order valence-electron chi connectivity index (χ1n) is 6.94. The maximum absolute atomic E-state index is 5.96. The van der Waals surface area contributed by atoms with Gasteiger partial charge in [-0.2, -0.15) is 0 Å². The topological polar surface area (TPSA) is 12.0 Å². The van der Waals surface area contributed by atoms with Crippen molar-refractivity contribution in [3.8, 4) is 0 Å². The summed E-state index contributed by atoms with van der Waals surface area (Å²) in [7, 11) is 0. The molecule has 0 aliphatic heterocycles. The lowest BCUT2D eigenvalue weighted by molar-refractivity contribution is 0.747. The predicted molar refractivity (Wildman–Crippen MR) is 91.6 cm³/mol. The van der Waals surface area contributed by atoms with Gasteiger partial charge in [-0.1, -0.05) is 53.5 Å². The van der Waals surface area contributed by atoms with Gasteiger partial charge in [0.2, 0.25) is 0 Å². The summed E-state index contributed by atoms with van der Waals surface area (Å²) in [5.41, 5.74) is 3.80. The molecular weight excluding hydrogens is 334 g/mol. The van der Waals surface area contributed by atoms with Crippen molar-refractivity contribution >= 4 is 33.2 Å². The Bertz CT molecular complexity index is 566. The summed E-state index contributed by atoms with van der Waals surface area (Å²) in [5, 5.41) is 4.43. The molecule has 1 N–H and O–H groups in total. The summed E-state index contributed by atoms with van der Waals surface area (Å²) in [6.45, 7) is 4.37. The number of nitrogens with one attached hydrogen (secondary N) is 1. The van der Waals surface area contributed by atoms with E-state index < -0.39 is 0 Å². The molecule has 1 atom stereocenters. The molecular formula is C17H19BrClN. The number of halogens is 2. The number of rotatable bonds is 5. The number of anilines is 1. The van der Waals surface area contributed by atoms with E-state index >= 15 is 0 Å². The second kappa shape index (κ2) is 7.14. The fraction of sp³-hybridized carbons (Fsp3) is 0.294. The van der Waals surface area contributed by atoms with Gasteiger partial charge in [-0.25, -0.2) is 0 Å². The maximum atomic E-state index is 5.96. The van der Waals surface area contributed by atoms with E-state index in [9.17, 15) is 0 Å². The van der Waals surface area contributed by atoms with Gasteiger partial charge in [-0.3, -0.25) is 0 Å². The van der Waals surface area contributed by atoms with Crippen molar-refractivity contribution in [3.63, 3.8) is 0 Å². The maximum Gasteiger partial charge on any atom is 0.0511 e. The van der Waals surface area contributed by atoms with Crippen LogP contribution in [0.4, 0.5) is 5.69 Å². The Morgan fingerprint density at radius 1 is 1.10 bits per heavy atom. The molecule has 0 aliphatic carbocycles. The van der Waals surface area contributed by atoms with Crippen LogP contribution in [0.5, 0.6) is 0 Å². The fourth-order valence-corrected chi connectivity index (χ4v) is 2.83. The molecule has 2 aromatic carbocycles. The smallest absolute Gasteiger partial charge is 0.0511 e. The van der Waals surface area contributed by atoms with Gasteiger partial charge in [-0.05, 0) is 54.3 Å². The summed E-state index contributed by atoms with van der Waals surface area (Å²) in [5.74, 6) is 0. The normalized spacial score (nSPS) is 12.2. The van der Waals surface area contributed by atoms with E-state index in [0.717, 1.165) is 22.3 Å². The van der Waals surface area contributed by atoms with Crippen LogP contribution >= 0.6 is 27.5 Å². The van der Waals surface area contributed by atoms with Crippen LogP contribution in [0.2, 0.25) is 5.02 Å². The molecule has 0 saturated heterocycles. The average molecular weight is 353 g/mol. The van der Waals surface area contributed by atoms with Crippen LogP contribution in [-0.2, 0) is 6.42 Å². The Morgan fingerprint density at radius 2 is 1.80 bits per heavy atom. The molecule has 106 valence electrons. The Balaban J connectivity index is 2.24. The lowest BCUT2D eigenvalue weighted by atomic mass is 10.0. The second-order valence-electron chi connectivity index (χ2n) is 4.81. The first-order valence-corrected chi connectivity index (χ1v) is 8.11. The molecule has 0 spiro atoms.